The van der Waals surface area contributed by atoms with Crippen LogP contribution in [-0.4, -0.2) is 50.1 Å². The minimum Gasteiger partial charge on any atom is -0.469 e. The van der Waals surface area contributed by atoms with E-state index < -0.39 is 0 Å². The lowest BCUT2D eigenvalue weighted by molar-refractivity contribution is 0.291. The first-order valence-corrected chi connectivity index (χ1v) is 8.55. The van der Waals surface area contributed by atoms with Gasteiger partial charge in [-0.1, -0.05) is 6.92 Å². The smallest absolute Gasteiger partial charge is 0.191 e. The molecule has 2 rings (SSSR count). The van der Waals surface area contributed by atoms with Crippen molar-refractivity contribution in [1.29, 1.82) is 0 Å². The molecule has 0 aromatic carbocycles. The van der Waals surface area contributed by atoms with Gasteiger partial charge in [-0.3, -0.25) is 4.99 Å². The summed E-state index contributed by atoms with van der Waals surface area (Å²) in [7, 11) is 0. The number of aliphatic imine (C=N–C) groups is 1. The molecule has 132 valence electrons. The van der Waals surface area contributed by atoms with Crippen LogP contribution in [0.25, 0.3) is 0 Å². The summed E-state index contributed by atoms with van der Waals surface area (Å²) in [5.74, 6) is 2.51. The lowest BCUT2D eigenvalue weighted by Crippen LogP contribution is -2.39. The highest BCUT2D eigenvalue weighted by molar-refractivity contribution is 14.0. The molecule has 1 atom stereocenters. The normalized spacial score (nSPS) is 16.9. The van der Waals surface area contributed by atoms with Gasteiger partial charge in [0.1, 0.15) is 5.76 Å². The molecule has 0 amide bonds. The molecule has 1 aromatic rings. The van der Waals surface area contributed by atoms with Crippen LogP contribution >= 0.6 is 24.0 Å². The van der Waals surface area contributed by atoms with Crippen LogP contribution in [0.2, 0.25) is 0 Å². The quantitative estimate of drug-likeness (QED) is 0.376. The molecule has 2 heterocycles. The highest BCUT2D eigenvalue weighted by Gasteiger charge is 2.14. The van der Waals surface area contributed by atoms with E-state index in [2.05, 4.69) is 29.4 Å². The predicted molar refractivity (Wildman–Crippen MR) is 107 cm³/mol. The van der Waals surface area contributed by atoms with Crippen LogP contribution in [-0.2, 0) is 6.42 Å². The van der Waals surface area contributed by atoms with E-state index in [1.54, 1.807) is 6.26 Å². The Kier molecular flexibility index (Phi) is 10.3. The average molecular weight is 434 g/mol. The van der Waals surface area contributed by atoms with E-state index in [1.807, 2.05) is 12.1 Å². The number of nitrogens with one attached hydrogen (secondary N) is 2. The van der Waals surface area contributed by atoms with Crippen molar-refractivity contribution in [3.63, 3.8) is 0 Å². The SMILES string of the molecule is CCNC(=NCC(C)CN1CCCC1)NCCc1ccco1.I. The summed E-state index contributed by atoms with van der Waals surface area (Å²) in [5.41, 5.74) is 0. The van der Waals surface area contributed by atoms with Gasteiger partial charge in [-0.05, 0) is 50.9 Å². The first kappa shape index (κ1) is 20.3. The van der Waals surface area contributed by atoms with Gasteiger partial charge < -0.3 is 20.0 Å². The molecule has 1 aliphatic heterocycles. The van der Waals surface area contributed by atoms with Gasteiger partial charge in [0, 0.05) is 32.6 Å². The lowest BCUT2D eigenvalue weighted by atomic mass is 10.2. The van der Waals surface area contributed by atoms with Crippen molar-refractivity contribution < 1.29 is 4.42 Å². The number of guanidine groups is 1. The summed E-state index contributed by atoms with van der Waals surface area (Å²) in [4.78, 5) is 7.26. The second kappa shape index (κ2) is 11.7. The van der Waals surface area contributed by atoms with Crippen LogP contribution in [0.1, 0.15) is 32.4 Å². The Morgan fingerprint density at radius 3 is 2.78 bits per heavy atom. The van der Waals surface area contributed by atoms with Gasteiger partial charge >= 0.3 is 0 Å². The van der Waals surface area contributed by atoms with E-state index in [1.165, 1.54) is 25.9 Å². The van der Waals surface area contributed by atoms with Crippen LogP contribution in [0.5, 0.6) is 0 Å². The number of rotatable bonds is 8. The largest absolute Gasteiger partial charge is 0.469 e. The zero-order valence-corrected chi connectivity index (χ0v) is 16.7. The highest BCUT2D eigenvalue weighted by atomic mass is 127. The third-order valence-corrected chi connectivity index (χ3v) is 3.92. The van der Waals surface area contributed by atoms with Crippen molar-refractivity contribution >= 4 is 29.9 Å². The molecule has 5 nitrogen and oxygen atoms in total. The minimum absolute atomic E-state index is 0. The molecule has 2 N–H and O–H groups in total. The molecule has 0 saturated carbocycles. The molecule has 0 spiro atoms. The summed E-state index contributed by atoms with van der Waals surface area (Å²) >= 11 is 0. The van der Waals surface area contributed by atoms with Crippen LogP contribution < -0.4 is 10.6 Å². The fraction of sp³-hybridized carbons (Fsp3) is 0.706. The molecule has 1 fully saturated rings. The maximum atomic E-state index is 5.34. The molecule has 1 unspecified atom stereocenters. The Balaban J connectivity index is 0.00000264. The van der Waals surface area contributed by atoms with Crippen molar-refractivity contribution in [2.75, 3.05) is 39.3 Å². The van der Waals surface area contributed by atoms with Crippen LogP contribution in [0.4, 0.5) is 0 Å². The van der Waals surface area contributed by atoms with Gasteiger partial charge in [-0.25, -0.2) is 0 Å². The molecule has 0 bridgehead atoms. The number of likely N-dealkylation sites (tertiary alicyclic amines) is 1. The van der Waals surface area contributed by atoms with Gasteiger partial charge in [0.2, 0.25) is 0 Å². The summed E-state index contributed by atoms with van der Waals surface area (Å²) in [5, 5.41) is 6.68. The van der Waals surface area contributed by atoms with Crippen molar-refractivity contribution in [2.24, 2.45) is 10.9 Å². The summed E-state index contributed by atoms with van der Waals surface area (Å²) in [6.07, 6.45) is 5.30. The Morgan fingerprint density at radius 1 is 1.35 bits per heavy atom. The van der Waals surface area contributed by atoms with Crippen LogP contribution in [0, 0.1) is 5.92 Å². The summed E-state index contributed by atoms with van der Waals surface area (Å²) in [6.45, 7) is 10.6. The van der Waals surface area contributed by atoms with E-state index >= 15 is 0 Å². The molecular weight excluding hydrogens is 403 g/mol. The fourth-order valence-corrected chi connectivity index (χ4v) is 2.81. The zero-order chi connectivity index (χ0) is 15.6. The molecule has 0 aliphatic carbocycles. The monoisotopic (exact) mass is 434 g/mol. The highest BCUT2D eigenvalue weighted by Crippen LogP contribution is 2.10. The number of nitrogens with zero attached hydrogens (tertiary/aromatic N) is 2. The Bertz CT molecular complexity index is 430. The maximum Gasteiger partial charge on any atom is 0.191 e. The first-order valence-electron chi connectivity index (χ1n) is 8.55. The molecule has 0 radical (unpaired) electrons. The van der Waals surface area contributed by atoms with Crippen molar-refractivity contribution in [3.05, 3.63) is 24.2 Å². The standard InChI is InChI=1S/C17H30N4O.HI/c1-3-18-17(19-9-8-16-7-6-12-22-16)20-13-15(2)14-21-10-4-5-11-21;/h6-7,12,15H,3-5,8-11,13-14H2,1-2H3,(H2,18,19,20);1H. The second-order valence-electron chi connectivity index (χ2n) is 6.09. The predicted octanol–water partition coefficient (Wildman–Crippen LogP) is 2.73. The number of halogens is 1. The van der Waals surface area contributed by atoms with Crippen molar-refractivity contribution in [1.82, 2.24) is 15.5 Å². The summed E-state index contributed by atoms with van der Waals surface area (Å²) < 4.78 is 5.34. The molecule has 23 heavy (non-hydrogen) atoms. The third kappa shape index (κ3) is 8.06. The Hall–Kier alpha value is -0.760. The Labute approximate surface area is 157 Å². The molecule has 6 heteroatoms. The van der Waals surface area contributed by atoms with Gasteiger partial charge in [0.15, 0.2) is 5.96 Å². The second-order valence-corrected chi connectivity index (χ2v) is 6.09. The van der Waals surface area contributed by atoms with E-state index in [4.69, 9.17) is 9.41 Å². The van der Waals surface area contributed by atoms with Gasteiger partial charge in [-0.2, -0.15) is 0 Å². The lowest BCUT2D eigenvalue weighted by Gasteiger charge is -2.19. The van der Waals surface area contributed by atoms with Gasteiger partial charge in [-0.15, -0.1) is 24.0 Å². The number of hydrogen-bond acceptors (Lipinski definition) is 3. The van der Waals surface area contributed by atoms with Crippen molar-refractivity contribution in [2.45, 2.75) is 33.1 Å². The number of furan rings is 1. The molecular formula is C17H31IN4O. The molecule has 1 aliphatic rings. The fourth-order valence-electron chi connectivity index (χ4n) is 2.81. The number of hydrogen-bond donors (Lipinski definition) is 2. The van der Waals surface area contributed by atoms with E-state index in [9.17, 15) is 0 Å². The average Bonchev–Trinajstić information content (AvgIpc) is 3.18. The van der Waals surface area contributed by atoms with Crippen molar-refractivity contribution in [3.8, 4) is 0 Å². The topological polar surface area (TPSA) is 52.8 Å². The molecule has 1 saturated heterocycles. The zero-order valence-electron chi connectivity index (χ0n) is 14.4. The molecule has 1 aromatic heterocycles. The van der Waals surface area contributed by atoms with E-state index in [-0.39, 0.29) is 24.0 Å². The summed E-state index contributed by atoms with van der Waals surface area (Å²) in [6, 6.07) is 3.93. The first-order chi connectivity index (χ1) is 10.8. The van der Waals surface area contributed by atoms with Gasteiger partial charge in [0.05, 0.1) is 6.26 Å². The maximum absolute atomic E-state index is 5.34. The minimum atomic E-state index is 0. The van der Waals surface area contributed by atoms with Crippen LogP contribution in [0.15, 0.2) is 27.8 Å². The van der Waals surface area contributed by atoms with Gasteiger partial charge in [0.25, 0.3) is 0 Å². The van der Waals surface area contributed by atoms with E-state index in [0.717, 1.165) is 44.3 Å². The third-order valence-electron chi connectivity index (χ3n) is 3.92. The Morgan fingerprint density at radius 2 is 2.13 bits per heavy atom. The van der Waals surface area contributed by atoms with E-state index in [0.29, 0.717) is 5.92 Å². The van der Waals surface area contributed by atoms with Crippen LogP contribution in [0.3, 0.4) is 0 Å².